The van der Waals surface area contributed by atoms with Crippen molar-refractivity contribution in [2.45, 2.75) is 0 Å². The summed E-state index contributed by atoms with van der Waals surface area (Å²) >= 11 is 0. The van der Waals surface area contributed by atoms with Crippen molar-refractivity contribution in [1.29, 1.82) is 0 Å². The van der Waals surface area contributed by atoms with E-state index in [0.717, 1.165) is 22.2 Å². The van der Waals surface area contributed by atoms with Crippen LogP contribution in [0.4, 0.5) is 17.2 Å². The highest BCUT2D eigenvalue weighted by Crippen LogP contribution is 2.25. The fraction of sp³-hybridized carbons (Fsp3) is 0.0435. The number of nitrogens with one attached hydrogen (secondary N) is 1. The quantitative estimate of drug-likeness (QED) is 0.343. The second-order valence-corrected chi connectivity index (χ2v) is 6.48. The minimum atomic E-state index is -0.425. The van der Waals surface area contributed by atoms with E-state index >= 15 is 0 Å². The first-order valence-electron chi connectivity index (χ1n) is 9.23. The molecule has 0 radical (unpaired) electrons. The van der Waals surface area contributed by atoms with Crippen LogP contribution in [-0.2, 0) is 0 Å². The van der Waals surface area contributed by atoms with Gasteiger partial charge < -0.3 is 10.1 Å². The summed E-state index contributed by atoms with van der Waals surface area (Å²) in [6.07, 6.45) is 3.77. The van der Waals surface area contributed by atoms with Crippen LogP contribution in [0, 0.1) is 10.1 Å². The number of rotatable bonds is 6. The summed E-state index contributed by atoms with van der Waals surface area (Å²) in [7, 11) is 1.63. The first kappa shape index (κ1) is 19.1. The Balaban J connectivity index is 1.66. The highest BCUT2D eigenvalue weighted by molar-refractivity contribution is 5.91. The number of benzene rings is 3. The van der Waals surface area contributed by atoms with Crippen LogP contribution in [0.25, 0.3) is 23.1 Å². The Bertz CT molecular complexity index is 1220. The van der Waals surface area contributed by atoms with Crippen molar-refractivity contribution in [3.63, 3.8) is 0 Å². The van der Waals surface area contributed by atoms with Crippen LogP contribution in [-0.4, -0.2) is 22.0 Å². The number of ether oxygens (including phenoxy) is 1. The van der Waals surface area contributed by atoms with Crippen molar-refractivity contribution in [2.75, 3.05) is 12.4 Å². The molecule has 4 aromatic rings. The Hall–Kier alpha value is -4.26. The molecule has 7 heteroatoms. The molecular weight excluding hydrogens is 380 g/mol. The van der Waals surface area contributed by atoms with Gasteiger partial charge in [-0.1, -0.05) is 30.3 Å². The molecule has 3 aromatic carbocycles. The number of methoxy groups -OCH3 is 1. The lowest BCUT2D eigenvalue weighted by molar-refractivity contribution is -0.384. The molecular formula is C23H18N4O3. The molecule has 0 spiro atoms. The lowest BCUT2D eigenvalue weighted by atomic mass is 10.2. The van der Waals surface area contributed by atoms with Gasteiger partial charge >= 0.3 is 0 Å². The largest absolute Gasteiger partial charge is 0.497 e. The molecule has 0 aliphatic rings. The third kappa shape index (κ3) is 4.25. The molecule has 0 fully saturated rings. The van der Waals surface area contributed by atoms with E-state index in [2.05, 4.69) is 15.3 Å². The van der Waals surface area contributed by atoms with Crippen molar-refractivity contribution < 1.29 is 9.66 Å². The zero-order chi connectivity index (χ0) is 20.9. The van der Waals surface area contributed by atoms with E-state index in [4.69, 9.17) is 4.74 Å². The first-order chi connectivity index (χ1) is 14.6. The van der Waals surface area contributed by atoms with Gasteiger partial charge in [-0.2, -0.15) is 0 Å². The molecule has 0 aliphatic heterocycles. The molecule has 1 heterocycles. The van der Waals surface area contributed by atoms with E-state index in [-0.39, 0.29) is 5.69 Å². The summed E-state index contributed by atoms with van der Waals surface area (Å²) in [5, 5.41) is 15.0. The monoisotopic (exact) mass is 398 g/mol. The number of hydrogen-bond donors (Lipinski definition) is 1. The Morgan fingerprint density at radius 3 is 2.37 bits per heavy atom. The van der Waals surface area contributed by atoms with E-state index in [1.54, 1.807) is 19.2 Å². The van der Waals surface area contributed by atoms with Crippen LogP contribution in [0.15, 0.2) is 72.8 Å². The van der Waals surface area contributed by atoms with Crippen LogP contribution in [0.1, 0.15) is 11.4 Å². The normalized spacial score (nSPS) is 11.0. The van der Waals surface area contributed by atoms with E-state index in [1.165, 1.54) is 12.1 Å². The van der Waals surface area contributed by atoms with Crippen LogP contribution in [0.2, 0.25) is 0 Å². The molecule has 30 heavy (non-hydrogen) atoms. The van der Waals surface area contributed by atoms with Crippen molar-refractivity contribution in [3.8, 4) is 5.75 Å². The van der Waals surface area contributed by atoms with E-state index in [0.29, 0.717) is 17.3 Å². The molecule has 1 aromatic heterocycles. The minimum absolute atomic E-state index is 0.0382. The van der Waals surface area contributed by atoms with Gasteiger partial charge in [0.1, 0.15) is 11.6 Å². The lowest BCUT2D eigenvalue weighted by Gasteiger charge is -2.09. The highest BCUT2D eigenvalue weighted by atomic mass is 16.6. The molecule has 7 nitrogen and oxygen atoms in total. The molecule has 4 rings (SSSR count). The van der Waals surface area contributed by atoms with Gasteiger partial charge in [0.2, 0.25) is 0 Å². The van der Waals surface area contributed by atoms with Crippen molar-refractivity contribution in [2.24, 2.45) is 0 Å². The summed E-state index contributed by atoms with van der Waals surface area (Å²) < 4.78 is 5.18. The molecule has 0 saturated heterocycles. The molecule has 0 saturated carbocycles. The van der Waals surface area contributed by atoms with Crippen molar-refractivity contribution >= 4 is 40.2 Å². The summed E-state index contributed by atoms with van der Waals surface area (Å²) in [4.78, 5) is 19.7. The highest BCUT2D eigenvalue weighted by Gasteiger charge is 2.08. The summed E-state index contributed by atoms with van der Waals surface area (Å²) in [5.41, 5.74) is 2.54. The third-order valence-corrected chi connectivity index (χ3v) is 4.50. The zero-order valence-electron chi connectivity index (χ0n) is 16.1. The fourth-order valence-electron chi connectivity index (χ4n) is 2.95. The molecule has 0 atom stereocenters. The van der Waals surface area contributed by atoms with E-state index < -0.39 is 4.92 Å². The van der Waals surface area contributed by atoms with Gasteiger partial charge in [0.05, 0.1) is 17.5 Å². The average molecular weight is 398 g/mol. The molecule has 0 bridgehead atoms. The number of hydrogen-bond acceptors (Lipinski definition) is 6. The zero-order valence-corrected chi connectivity index (χ0v) is 16.1. The Labute approximate surface area is 172 Å². The molecule has 1 N–H and O–H groups in total. The third-order valence-electron chi connectivity index (χ3n) is 4.50. The summed E-state index contributed by atoms with van der Waals surface area (Å²) in [5.74, 6) is 1.97. The standard InChI is InChI=1S/C23H18N4O3/c1-30-19-13-6-16(7-14-19)8-15-22-25-21-5-3-2-4-20(21)23(26-22)24-17-9-11-18(12-10-17)27(28)29/h2-15H,1H3,(H,24,25,26)/b15-8+. The smallest absolute Gasteiger partial charge is 0.269 e. The van der Waals surface area contributed by atoms with Crippen LogP contribution < -0.4 is 10.1 Å². The number of non-ortho nitro benzene ring substituents is 1. The molecule has 0 aliphatic carbocycles. The fourth-order valence-corrected chi connectivity index (χ4v) is 2.95. The Kier molecular flexibility index (Phi) is 5.34. The number of anilines is 2. The maximum Gasteiger partial charge on any atom is 0.269 e. The summed E-state index contributed by atoms with van der Waals surface area (Å²) in [6.45, 7) is 0. The lowest BCUT2D eigenvalue weighted by Crippen LogP contribution is -1.99. The van der Waals surface area contributed by atoms with Crippen LogP contribution in [0.3, 0.4) is 0 Å². The van der Waals surface area contributed by atoms with Gasteiger partial charge in [-0.3, -0.25) is 10.1 Å². The number of aromatic nitrogens is 2. The molecule has 0 unspecified atom stereocenters. The Morgan fingerprint density at radius 1 is 0.933 bits per heavy atom. The van der Waals surface area contributed by atoms with Crippen LogP contribution in [0.5, 0.6) is 5.75 Å². The number of nitrogens with zero attached hydrogens (tertiary/aromatic N) is 3. The van der Waals surface area contributed by atoms with E-state index in [1.807, 2.05) is 60.7 Å². The van der Waals surface area contributed by atoms with Crippen LogP contribution >= 0.6 is 0 Å². The van der Waals surface area contributed by atoms with Gasteiger partial charge in [0, 0.05) is 23.2 Å². The number of fused-ring (bicyclic) bond motifs is 1. The van der Waals surface area contributed by atoms with Crippen molar-refractivity contribution in [1.82, 2.24) is 9.97 Å². The predicted octanol–water partition coefficient (Wildman–Crippen LogP) is 5.46. The molecule has 0 amide bonds. The van der Waals surface area contributed by atoms with Gasteiger partial charge in [0.15, 0.2) is 5.82 Å². The van der Waals surface area contributed by atoms with Gasteiger partial charge in [0.25, 0.3) is 5.69 Å². The number of nitro benzene ring substituents is 1. The van der Waals surface area contributed by atoms with E-state index in [9.17, 15) is 10.1 Å². The first-order valence-corrected chi connectivity index (χ1v) is 9.23. The average Bonchev–Trinajstić information content (AvgIpc) is 2.78. The maximum atomic E-state index is 10.9. The number of para-hydroxylation sites is 1. The predicted molar refractivity (Wildman–Crippen MR) is 118 cm³/mol. The second-order valence-electron chi connectivity index (χ2n) is 6.48. The Morgan fingerprint density at radius 2 is 1.67 bits per heavy atom. The van der Waals surface area contributed by atoms with Gasteiger partial charge in [-0.15, -0.1) is 0 Å². The van der Waals surface area contributed by atoms with Crippen molar-refractivity contribution in [3.05, 3.63) is 94.3 Å². The van der Waals surface area contributed by atoms with Gasteiger partial charge in [-0.25, -0.2) is 9.97 Å². The molecule has 148 valence electrons. The minimum Gasteiger partial charge on any atom is -0.497 e. The second kappa shape index (κ2) is 8.40. The maximum absolute atomic E-state index is 10.9. The van der Waals surface area contributed by atoms with Gasteiger partial charge in [-0.05, 0) is 48.0 Å². The number of nitro groups is 1. The summed E-state index contributed by atoms with van der Waals surface area (Å²) in [6, 6.07) is 21.6. The topological polar surface area (TPSA) is 90.2 Å². The SMILES string of the molecule is COc1ccc(/C=C/c2nc(Nc3ccc([N+](=O)[O-])cc3)c3ccccc3n2)cc1.